The first-order valence-corrected chi connectivity index (χ1v) is 5.14. The predicted molar refractivity (Wildman–Crippen MR) is 62.6 cm³/mol. The first-order chi connectivity index (χ1) is 6.65. The third-order valence-electron chi connectivity index (χ3n) is 1.87. The number of hydrogen-bond acceptors (Lipinski definition) is 2. The highest BCUT2D eigenvalue weighted by Gasteiger charge is 2.09. The van der Waals surface area contributed by atoms with Crippen molar-refractivity contribution in [1.82, 2.24) is 15.5 Å². The number of anilines is 1. The molecule has 0 aliphatic carbocycles. The zero-order chi connectivity index (χ0) is 10.6. The Morgan fingerprint density at radius 2 is 2.36 bits per heavy atom. The number of H-pyrrole nitrogens is 1. The lowest BCUT2D eigenvalue weighted by atomic mass is 10.1. The van der Waals surface area contributed by atoms with E-state index in [0.29, 0.717) is 11.0 Å². The lowest BCUT2D eigenvalue weighted by Crippen LogP contribution is -2.28. The van der Waals surface area contributed by atoms with Gasteiger partial charge in [0.15, 0.2) is 5.11 Å². The van der Waals surface area contributed by atoms with Gasteiger partial charge in [-0.05, 0) is 25.1 Å². The van der Waals surface area contributed by atoms with Crippen molar-refractivity contribution >= 4 is 23.1 Å². The largest absolute Gasteiger partial charge is 0.363 e. The fourth-order valence-electron chi connectivity index (χ4n) is 1.15. The summed E-state index contributed by atoms with van der Waals surface area (Å²) < 4.78 is 0. The van der Waals surface area contributed by atoms with E-state index < -0.39 is 0 Å². The first kappa shape index (κ1) is 11.0. The summed E-state index contributed by atoms with van der Waals surface area (Å²) in [6, 6.07) is 0. The fraction of sp³-hybridized carbons (Fsp3) is 0.556. The van der Waals surface area contributed by atoms with Crippen LogP contribution in [0.1, 0.15) is 32.3 Å². The molecule has 1 aromatic heterocycles. The van der Waals surface area contributed by atoms with E-state index in [1.54, 1.807) is 0 Å². The van der Waals surface area contributed by atoms with Gasteiger partial charge in [-0.15, -0.1) is 0 Å². The van der Waals surface area contributed by atoms with Crippen molar-refractivity contribution in [3.8, 4) is 0 Å². The van der Waals surface area contributed by atoms with Crippen LogP contribution in [0.3, 0.4) is 0 Å². The van der Waals surface area contributed by atoms with Crippen LogP contribution >= 0.6 is 12.2 Å². The minimum absolute atomic E-state index is 0.431. The molecule has 0 radical (unpaired) electrons. The summed E-state index contributed by atoms with van der Waals surface area (Å²) in [5, 5.41) is 13.6. The molecule has 0 atom stereocenters. The highest BCUT2D eigenvalue weighted by atomic mass is 32.1. The zero-order valence-electron chi connectivity index (χ0n) is 8.72. The second-order valence-corrected chi connectivity index (χ2v) is 3.75. The highest BCUT2D eigenvalue weighted by Crippen LogP contribution is 2.20. The average molecular weight is 212 g/mol. The molecule has 0 amide bonds. The van der Waals surface area contributed by atoms with Crippen molar-refractivity contribution in [3.05, 3.63) is 11.8 Å². The number of nitrogens with zero attached hydrogens (tertiary/aromatic N) is 1. The van der Waals surface area contributed by atoms with E-state index in [4.69, 9.17) is 12.2 Å². The smallest absolute Gasteiger partial charge is 0.171 e. The number of rotatable bonds is 3. The van der Waals surface area contributed by atoms with Crippen molar-refractivity contribution in [1.29, 1.82) is 0 Å². The molecule has 78 valence electrons. The molecule has 0 saturated heterocycles. The third kappa shape index (κ3) is 2.70. The molecule has 0 unspecified atom stereocenters. The van der Waals surface area contributed by atoms with E-state index in [-0.39, 0.29) is 0 Å². The van der Waals surface area contributed by atoms with Gasteiger partial charge in [0.25, 0.3) is 0 Å². The van der Waals surface area contributed by atoms with Crippen LogP contribution in [-0.4, -0.2) is 21.9 Å². The van der Waals surface area contributed by atoms with Crippen LogP contribution in [0.4, 0.5) is 5.82 Å². The van der Waals surface area contributed by atoms with Crippen molar-refractivity contribution in [2.45, 2.75) is 26.7 Å². The quantitative estimate of drug-likeness (QED) is 0.669. The van der Waals surface area contributed by atoms with Crippen LogP contribution in [0.25, 0.3) is 0 Å². The van der Waals surface area contributed by atoms with Crippen molar-refractivity contribution in [2.75, 3.05) is 11.9 Å². The summed E-state index contributed by atoms with van der Waals surface area (Å²) >= 11 is 5.08. The van der Waals surface area contributed by atoms with E-state index in [1.165, 1.54) is 0 Å². The van der Waals surface area contributed by atoms with Crippen LogP contribution in [0, 0.1) is 0 Å². The van der Waals surface area contributed by atoms with Crippen LogP contribution in [0.15, 0.2) is 6.20 Å². The molecular formula is C9H16N4S. The van der Waals surface area contributed by atoms with Crippen molar-refractivity contribution < 1.29 is 0 Å². The van der Waals surface area contributed by atoms with Gasteiger partial charge in [-0.3, -0.25) is 5.10 Å². The van der Waals surface area contributed by atoms with Gasteiger partial charge in [0.2, 0.25) is 0 Å². The molecule has 1 aromatic rings. The molecule has 1 rings (SSSR count). The number of nitrogens with one attached hydrogen (secondary N) is 3. The summed E-state index contributed by atoms with van der Waals surface area (Å²) in [5.74, 6) is 1.31. The Hall–Kier alpha value is -1.10. The molecule has 0 aliphatic heterocycles. The van der Waals surface area contributed by atoms with E-state index in [9.17, 15) is 0 Å². The van der Waals surface area contributed by atoms with Gasteiger partial charge in [0.1, 0.15) is 5.82 Å². The Morgan fingerprint density at radius 3 is 2.93 bits per heavy atom. The zero-order valence-corrected chi connectivity index (χ0v) is 9.53. The van der Waals surface area contributed by atoms with Crippen LogP contribution in [0.5, 0.6) is 0 Å². The molecule has 0 bridgehead atoms. The summed E-state index contributed by atoms with van der Waals surface area (Å²) in [6.45, 7) is 7.06. The minimum atomic E-state index is 0.431. The molecule has 0 saturated carbocycles. The summed E-state index contributed by atoms with van der Waals surface area (Å²) in [6.07, 6.45) is 1.82. The maximum absolute atomic E-state index is 5.08. The Kier molecular flexibility index (Phi) is 3.88. The number of hydrogen-bond donors (Lipinski definition) is 3. The fourth-order valence-corrected chi connectivity index (χ4v) is 1.40. The average Bonchev–Trinajstić information content (AvgIpc) is 2.52. The van der Waals surface area contributed by atoms with Crippen LogP contribution < -0.4 is 10.6 Å². The lowest BCUT2D eigenvalue weighted by molar-refractivity contribution is 0.870. The molecule has 0 spiro atoms. The van der Waals surface area contributed by atoms with Gasteiger partial charge in [-0.2, -0.15) is 5.10 Å². The maximum Gasteiger partial charge on any atom is 0.171 e. The Balaban J connectivity index is 2.66. The lowest BCUT2D eigenvalue weighted by Gasteiger charge is -2.10. The topological polar surface area (TPSA) is 52.7 Å². The number of thiocarbonyl (C=S) groups is 1. The Labute approximate surface area is 89.5 Å². The van der Waals surface area contributed by atoms with E-state index in [2.05, 4.69) is 34.7 Å². The summed E-state index contributed by atoms with van der Waals surface area (Å²) in [5.41, 5.74) is 1.14. The SMILES string of the molecule is CCNC(=S)Nc1[nH]ncc1C(C)C. The summed E-state index contributed by atoms with van der Waals surface area (Å²) in [4.78, 5) is 0. The second kappa shape index (κ2) is 4.95. The predicted octanol–water partition coefficient (Wildman–Crippen LogP) is 1.84. The normalized spacial score (nSPS) is 10.3. The second-order valence-electron chi connectivity index (χ2n) is 3.34. The van der Waals surface area contributed by atoms with Crippen molar-refractivity contribution in [2.24, 2.45) is 0 Å². The van der Waals surface area contributed by atoms with Gasteiger partial charge in [-0.1, -0.05) is 13.8 Å². The van der Waals surface area contributed by atoms with E-state index >= 15 is 0 Å². The first-order valence-electron chi connectivity index (χ1n) is 4.73. The molecule has 0 fully saturated rings. The maximum atomic E-state index is 5.08. The molecule has 1 heterocycles. The van der Waals surface area contributed by atoms with Gasteiger partial charge in [-0.25, -0.2) is 0 Å². The third-order valence-corrected chi connectivity index (χ3v) is 2.11. The Bertz CT molecular complexity index is 306. The highest BCUT2D eigenvalue weighted by molar-refractivity contribution is 7.80. The van der Waals surface area contributed by atoms with E-state index in [0.717, 1.165) is 17.9 Å². The van der Waals surface area contributed by atoms with Crippen LogP contribution in [-0.2, 0) is 0 Å². The molecule has 14 heavy (non-hydrogen) atoms. The Morgan fingerprint density at radius 1 is 1.64 bits per heavy atom. The van der Waals surface area contributed by atoms with E-state index in [1.807, 2.05) is 13.1 Å². The van der Waals surface area contributed by atoms with Gasteiger partial charge < -0.3 is 10.6 Å². The summed E-state index contributed by atoms with van der Waals surface area (Å²) in [7, 11) is 0. The van der Waals surface area contributed by atoms with Gasteiger partial charge >= 0.3 is 0 Å². The van der Waals surface area contributed by atoms with Gasteiger partial charge in [0, 0.05) is 12.1 Å². The minimum Gasteiger partial charge on any atom is -0.363 e. The molecule has 3 N–H and O–H groups in total. The molecule has 5 heteroatoms. The monoisotopic (exact) mass is 212 g/mol. The van der Waals surface area contributed by atoms with Crippen LogP contribution in [0.2, 0.25) is 0 Å². The molecular weight excluding hydrogens is 196 g/mol. The molecule has 0 aliphatic rings. The molecule has 4 nitrogen and oxygen atoms in total. The van der Waals surface area contributed by atoms with Gasteiger partial charge in [0.05, 0.1) is 6.20 Å². The number of aromatic nitrogens is 2. The molecule has 0 aromatic carbocycles. The number of aromatic amines is 1. The standard InChI is InChI=1S/C9H16N4S/c1-4-10-9(14)12-8-7(6(2)3)5-11-13-8/h5-6H,4H2,1-3H3,(H3,10,11,12,13,14). The van der Waals surface area contributed by atoms with Crippen molar-refractivity contribution in [3.63, 3.8) is 0 Å².